The zero-order valence-electron chi connectivity index (χ0n) is 18.2. The molecule has 1 aliphatic rings. The van der Waals surface area contributed by atoms with Gasteiger partial charge in [0.1, 0.15) is 10.7 Å². The minimum Gasteiger partial charge on any atom is -0.231 e. The lowest BCUT2D eigenvalue weighted by atomic mass is 9.90. The normalized spacial score (nSPS) is 14.7. The monoisotopic (exact) mass is 560 g/mol. The van der Waals surface area contributed by atoms with Gasteiger partial charge in [0.25, 0.3) is 0 Å². The maximum atomic E-state index is 6.63. The molecule has 1 fully saturated rings. The summed E-state index contributed by atoms with van der Waals surface area (Å²) in [4.78, 5) is 0. The Kier molecular flexibility index (Phi) is 6.89. The lowest BCUT2D eigenvalue weighted by Gasteiger charge is -2.18. The van der Waals surface area contributed by atoms with Crippen LogP contribution >= 0.6 is 50.5 Å². The summed E-state index contributed by atoms with van der Waals surface area (Å²) in [6, 6.07) is 13.8. The first-order valence-electron chi connectivity index (χ1n) is 11.2. The Balaban J connectivity index is 1.68. The Morgan fingerprint density at radius 1 is 1.03 bits per heavy atom. The molecule has 1 aliphatic carbocycles. The Morgan fingerprint density at radius 2 is 1.79 bits per heavy atom. The fraction of sp³-hybridized carbons (Fsp3) is 0.320. The molecule has 33 heavy (non-hydrogen) atoms. The van der Waals surface area contributed by atoms with E-state index in [2.05, 4.69) is 45.2 Å². The van der Waals surface area contributed by atoms with Crippen LogP contribution in [0.5, 0.6) is 0 Å². The molecule has 0 N–H and O–H groups in total. The molecule has 5 rings (SSSR count). The summed E-state index contributed by atoms with van der Waals surface area (Å²) in [5, 5.41) is 17.4. The highest BCUT2D eigenvalue weighted by atomic mass is 79.9. The maximum Gasteiger partial charge on any atom is 0.168 e. The van der Waals surface area contributed by atoms with Gasteiger partial charge in [-0.25, -0.2) is 4.68 Å². The summed E-state index contributed by atoms with van der Waals surface area (Å²) in [6.07, 6.45) is 7.09. The quantitative estimate of drug-likeness (QED) is 0.244. The number of aromatic nitrogens is 4. The number of rotatable bonds is 5. The molecule has 0 aliphatic heterocycles. The number of halogens is 3. The minimum absolute atomic E-state index is 0.522. The van der Waals surface area contributed by atoms with Gasteiger partial charge in [0, 0.05) is 26.5 Å². The lowest BCUT2D eigenvalue weighted by molar-refractivity contribution is 0.440. The SMILES string of the molecule is CCc1c(-c2nnc(C3CCCCC3)s2)nn(-c2ccc(Cl)cc2Cl)c1-c1ccc(Br)cc1. The molecule has 4 aromatic rings. The third-order valence-electron chi connectivity index (χ3n) is 6.19. The highest BCUT2D eigenvalue weighted by Gasteiger charge is 2.26. The van der Waals surface area contributed by atoms with E-state index in [1.165, 1.54) is 32.1 Å². The van der Waals surface area contributed by atoms with Crippen LogP contribution in [0.3, 0.4) is 0 Å². The summed E-state index contributed by atoms with van der Waals surface area (Å²) in [5.74, 6) is 0.522. The number of benzene rings is 2. The fourth-order valence-corrected chi connectivity index (χ4v) is 6.31. The van der Waals surface area contributed by atoms with Crippen molar-refractivity contribution in [3.8, 4) is 27.6 Å². The zero-order chi connectivity index (χ0) is 22.9. The Labute approximate surface area is 216 Å². The molecule has 1 saturated carbocycles. The average molecular weight is 562 g/mol. The van der Waals surface area contributed by atoms with E-state index in [-0.39, 0.29) is 0 Å². The lowest BCUT2D eigenvalue weighted by Crippen LogP contribution is -2.03. The van der Waals surface area contributed by atoms with Gasteiger partial charge in [-0.2, -0.15) is 5.10 Å². The van der Waals surface area contributed by atoms with Gasteiger partial charge in [0.2, 0.25) is 0 Å². The fourth-order valence-electron chi connectivity index (χ4n) is 4.53. The third-order valence-corrected chi connectivity index (χ3v) is 8.35. The van der Waals surface area contributed by atoms with E-state index in [0.29, 0.717) is 16.0 Å². The predicted molar refractivity (Wildman–Crippen MR) is 141 cm³/mol. The van der Waals surface area contributed by atoms with Crippen molar-refractivity contribution in [3.05, 3.63) is 67.6 Å². The summed E-state index contributed by atoms with van der Waals surface area (Å²) in [6.45, 7) is 2.15. The van der Waals surface area contributed by atoms with Crippen LogP contribution in [0.1, 0.15) is 55.5 Å². The molecule has 0 unspecified atom stereocenters. The Bertz CT molecular complexity index is 1280. The molecule has 2 aromatic carbocycles. The first-order chi connectivity index (χ1) is 16.0. The molecule has 4 nitrogen and oxygen atoms in total. The number of hydrogen-bond acceptors (Lipinski definition) is 4. The van der Waals surface area contributed by atoms with Crippen molar-refractivity contribution in [2.75, 3.05) is 0 Å². The number of hydrogen-bond donors (Lipinski definition) is 0. The van der Waals surface area contributed by atoms with Crippen LogP contribution in [0, 0.1) is 0 Å². The van der Waals surface area contributed by atoms with Crippen LogP contribution in [-0.2, 0) is 6.42 Å². The molecule has 8 heteroatoms. The smallest absolute Gasteiger partial charge is 0.168 e. The number of nitrogens with zero attached hydrogens (tertiary/aromatic N) is 4. The van der Waals surface area contributed by atoms with Crippen LogP contribution in [0.15, 0.2) is 46.9 Å². The molecule has 2 aromatic heterocycles. The second-order valence-corrected chi connectivity index (χ2v) is 11.1. The van der Waals surface area contributed by atoms with Crippen LogP contribution in [0.25, 0.3) is 27.6 Å². The predicted octanol–water partition coefficient (Wildman–Crippen LogP) is 8.74. The van der Waals surface area contributed by atoms with E-state index in [0.717, 1.165) is 49.1 Å². The molecular weight excluding hydrogens is 539 g/mol. The zero-order valence-corrected chi connectivity index (χ0v) is 22.1. The standard InChI is InChI=1S/C25H23BrCl2N4S/c1-2-19-22(25-30-29-24(33-25)16-6-4-3-5-7-16)31-32(21-13-12-18(27)14-20(21)28)23(19)15-8-10-17(26)11-9-15/h8-14,16H,2-7H2,1H3. The van der Waals surface area contributed by atoms with Gasteiger partial charge in [0.15, 0.2) is 5.01 Å². The van der Waals surface area contributed by atoms with Gasteiger partial charge in [-0.15, -0.1) is 10.2 Å². The van der Waals surface area contributed by atoms with Gasteiger partial charge in [-0.3, -0.25) is 0 Å². The topological polar surface area (TPSA) is 43.6 Å². The second kappa shape index (κ2) is 9.87. The summed E-state index contributed by atoms with van der Waals surface area (Å²) >= 11 is 18.0. The van der Waals surface area contributed by atoms with Crippen molar-refractivity contribution in [3.63, 3.8) is 0 Å². The third kappa shape index (κ3) is 4.63. The van der Waals surface area contributed by atoms with Crippen LogP contribution in [-0.4, -0.2) is 20.0 Å². The Morgan fingerprint density at radius 3 is 2.48 bits per heavy atom. The van der Waals surface area contributed by atoms with E-state index in [1.807, 2.05) is 28.9 Å². The minimum atomic E-state index is 0.522. The van der Waals surface area contributed by atoms with Gasteiger partial charge in [-0.1, -0.05) is 88.8 Å². The van der Waals surface area contributed by atoms with E-state index < -0.39 is 0 Å². The second-order valence-electron chi connectivity index (χ2n) is 8.32. The van der Waals surface area contributed by atoms with E-state index >= 15 is 0 Å². The molecular formula is C25H23BrCl2N4S. The van der Waals surface area contributed by atoms with E-state index in [9.17, 15) is 0 Å². The van der Waals surface area contributed by atoms with E-state index in [1.54, 1.807) is 17.4 Å². The summed E-state index contributed by atoms with van der Waals surface area (Å²) in [5.41, 5.74) is 4.88. The van der Waals surface area contributed by atoms with Crippen molar-refractivity contribution in [2.24, 2.45) is 0 Å². The van der Waals surface area contributed by atoms with Gasteiger partial charge in [0.05, 0.1) is 16.4 Å². The van der Waals surface area contributed by atoms with Crippen molar-refractivity contribution in [1.82, 2.24) is 20.0 Å². The van der Waals surface area contributed by atoms with E-state index in [4.69, 9.17) is 28.3 Å². The Hall–Kier alpha value is -1.73. The highest BCUT2D eigenvalue weighted by molar-refractivity contribution is 9.10. The van der Waals surface area contributed by atoms with Crippen LogP contribution < -0.4 is 0 Å². The molecule has 0 amide bonds. The molecule has 170 valence electrons. The van der Waals surface area contributed by atoms with Gasteiger partial charge in [-0.05, 0) is 49.6 Å². The maximum absolute atomic E-state index is 6.63. The van der Waals surface area contributed by atoms with Crippen LogP contribution in [0.2, 0.25) is 10.0 Å². The van der Waals surface area contributed by atoms with Crippen molar-refractivity contribution in [1.29, 1.82) is 0 Å². The molecule has 0 saturated heterocycles. The molecule has 0 radical (unpaired) electrons. The molecule has 0 spiro atoms. The summed E-state index contributed by atoms with van der Waals surface area (Å²) < 4.78 is 2.96. The summed E-state index contributed by atoms with van der Waals surface area (Å²) in [7, 11) is 0. The molecule has 0 bridgehead atoms. The first-order valence-corrected chi connectivity index (χ1v) is 13.6. The average Bonchev–Trinajstić information content (AvgIpc) is 3.45. The van der Waals surface area contributed by atoms with Crippen LogP contribution in [0.4, 0.5) is 0 Å². The highest BCUT2D eigenvalue weighted by Crippen LogP contribution is 2.40. The van der Waals surface area contributed by atoms with Crippen molar-refractivity contribution in [2.45, 2.75) is 51.4 Å². The molecule has 0 atom stereocenters. The van der Waals surface area contributed by atoms with Gasteiger partial charge < -0.3 is 0 Å². The van der Waals surface area contributed by atoms with Crippen molar-refractivity contribution < 1.29 is 0 Å². The first kappa shape index (κ1) is 23.0. The molecule has 2 heterocycles. The van der Waals surface area contributed by atoms with Crippen molar-refractivity contribution >= 4 is 50.5 Å². The van der Waals surface area contributed by atoms with Gasteiger partial charge >= 0.3 is 0 Å². The largest absolute Gasteiger partial charge is 0.231 e.